The summed E-state index contributed by atoms with van der Waals surface area (Å²) in [5, 5.41) is 24.2. The van der Waals surface area contributed by atoms with Crippen molar-refractivity contribution in [1.29, 1.82) is 0 Å². The second-order valence-corrected chi connectivity index (χ2v) is 15.7. The van der Waals surface area contributed by atoms with Gasteiger partial charge in [-0.05, 0) is 79.5 Å². The van der Waals surface area contributed by atoms with E-state index < -0.39 is 50.0 Å². The molecule has 8 nitrogen and oxygen atoms in total. The molecular formula is C28H37BrO8S. The Morgan fingerprint density at radius 3 is 2.50 bits per heavy atom. The predicted octanol–water partition coefficient (Wildman–Crippen LogP) is 4.02. The maximum atomic E-state index is 12.9. The lowest BCUT2D eigenvalue weighted by molar-refractivity contribution is -0.291. The van der Waals surface area contributed by atoms with Crippen molar-refractivity contribution in [3.05, 3.63) is 28.7 Å². The van der Waals surface area contributed by atoms with E-state index in [-0.39, 0.29) is 41.1 Å². The molecule has 2 N–H and O–H groups in total. The Balaban J connectivity index is 1.38. The van der Waals surface area contributed by atoms with E-state index in [0.717, 1.165) is 10.9 Å². The fraction of sp³-hybridized carbons (Fsp3) is 0.750. The van der Waals surface area contributed by atoms with Crippen molar-refractivity contribution in [2.45, 2.75) is 88.3 Å². The first-order valence-electron chi connectivity index (χ1n) is 13.5. The molecule has 4 saturated carbocycles. The van der Waals surface area contributed by atoms with Gasteiger partial charge in [-0.2, -0.15) is 8.42 Å². The van der Waals surface area contributed by atoms with Gasteiger partial charge in [0.25, 0.3) is 10.1 Å². The number of aliphatic hydroxyl groups is 2. The van der Waals surface area contributed by atoms with E-state index in [1.165, 1.54) is 19.1 Å². The Kier molecular flexibility index (Phi) is 5.74. The van der Waals surface area contributed by atoms with Gasteiger partial charge < -0.3 is 19.7 Å². The Hall–Kier alpha value is -1.04. The van der Waals surface area contributed by atoms with Crippen LogP contribution >= 0.6 is 15.9 Å². The van der Waals surface area contributed by atoms with Crippen LogP contribution in [0.3, 0.4) is 0 Å². The van der Waals surface area contributed by atoms with Gasteiger partial charge in [-0.1, -0.05) is 36.7 Å². The van der Waals surface area contributed by atoms with Gasteiger partial charge in [0, 0.05) is 23.7 Å². The number of hydrogen-bond acceptors (Lipinski definition) is 8. The third-order valence-electron chi connectivity index (χ3n) is 11.4. The molecule has 5 aliphatic rings. The van der Waals surface area contributed by atoms with Crippen molar-refractivity contribution in [3.8, 4) is 0 Å². The zero-order valence-corrected chi connectivity index (χ0v) is 24.8. The van der Waals surface area contributed by atoms with Gasteiger partial charge >= 0.3 is 5.97 Å². The highest BCUT2D eigenvalue weighted by Crippen LogP contribution is 2.83. The van der Waals surface area contributed by atoms with Crippen LogP contribution in [0.5, 0.6) is 0 Å². The lowest BCUT2D eigenvalue weighted by Gasteiger charge is -2.62. The van der Waals surface area contributed by atoms with Crippen LogP contribution in [-0.4, -0.2) is 54.3 Å². The van der Waals surface area contributed by atoms with E-state index in [4.69, 9.17) is 13.7 Å². The molecule has 210 valence electrons. The highest BCUT2D eigenvalue weighted by Gasteiger charge is 2.91. The van der Waals surface area contributed by atoms with E-state index in [9.17, 15) is 23.4 Å². The van der Waals surface area contributed by atoms with E-state index in [1.54, 1.807) is 12.1 Å². The number of rotatable bonds is 6. The first kappa shape index (κ1) is 27.1. The molecule has 5 bridgehead atoms. The van der Waals surface area contributed by atoms with Gasteiger partial charge in [-0.25, -0.2) is 0 Å². The molecule has 1 heterocycles. The number of esters is 1. The van der Waals surface area contributed by atoms with Crippen LogP contribution < -0.4 is 0 Å². The van der Waals surface area contributed by atoms with Gasteiger partial charge in [0.1, 0.15) is 5.60 Å². The summed E-state index contributed by atoms with van der Waals surface area (Å²) in [5.74, 6) is -2.69. The molecule has 4 aliphatic carbocycles. The lowest BCUT2D eigenvalue weighted by atomic mass is 9.43. The Morgan fingerprint density at radius 1 is 1.21 bits per heavy atom. The van der Waals surface area contributed by atoms with Gasteiger partial charge in [-0.3, -0.25) is 8.98 Å². The summed E-state index contributed by atoms with van der Waals surface area (Å²) in [5.41, 5.74) is -3.76. The van der Waals surface area contributed by atoms with E-state index in [1.807, 2.05) is 20.8 Å². The number of ether oxygens (including phenoxy) is 2. The molecule has 10 heteroatoms. The summed E-state index contributed by atoms with van der Waals surface area (Å²) < 4.78 is 45.0. The van der Waals surface area contributed by atoms with Gasteiger partial charge in [0.2, 0.25) is 5.79 Å². The number of hydrogen-bond donors (Lipinski definition) is 2. The molecule has 11 atom stereocenters. The first-order valence-corrected chi connectivity index (χ1v) is 15.7. The van der Waals surface area contributed by atoms with Crippen molar-refractivity contribution in [2.24, 2.45) is 40.4 Å². The minimum atomic E-state index is -3.99. The standard InChI is InChI=1S/C28H37BrO8S/c1-15(13-35-38(33,34)18-8-6-17(29)7-9-18)20-12-21-24(3)14-27(36-16(2)30)26(20,5)28(21,32)23(37-27)22-19(24)10-11-25(22,4)31/h6-9,15,19-23,31-32H,10-14H2,1-5H3. The number of benzene rings is 1. The molecule has 0 amide bonds. The molecule has 1 aliphatic heterocycles. The molecule has 0 spiro atoms. The third kappa shape index (κ3) is 3.16. The number of carbonyl (C=O) groups excluding carboxylic acids is 1. The topological polar surface area (TPSA) is 119 Å². The van der Waals surface area contributed by atoms with Gasteiger partial charge in [-0.15, -0.1) is 0 Å². The SMILES string of the molecule is CC(=O)OC12CC3(C)C4CCC(C)(O)C4C(O1)C1(O)C3CC(C(C)COS(=O)(=O)c3ccc(Br)cc3)C21C. The molecule has 1 aromatic rings. The average Bonchev–Trinajstić information content (AvgIpc) is 3.25. The first-order chi connectivity index (χ1) is 17.5. The van der Waals surface area contributed by atoms with Crippen LogP contribution in [-0.2, 0) is 28.6 Å². The van der Waals surface area contributed by atoms with E-state index >= 15 is 0 Å². The largest absolute Gasteiger partial charge is 0.432 e. The monoisotopic (exact) mass is 612 g/mol. The van der Waals surface area contributed by atoms with Crippen LogP contribution in [0.15, 0.2) is 33.6 Å². The lowest BCUT2D eigenvalue weighted by Crippen LogP contribution is -2.72. The van der Waals surface area contributed by atoms with Crippen molar-refractivity contribution in [1.82, 2.24) is 0 Å². The molecule has 38 heavy (non-hydrogen) atoms. The second kappa shape index (κ2) is 8.03. The second-order valence-electron chi connectivity index (χ2n) is 13.2. The number of halogens is 1. The van der Waals surface area contributed by atoms with E-state index in [2.05, 4.69) is 22.9 Å². The molecule has 5 fully saturated rings. The zero-order chi connectivity index (χ0) is 27.7. The third-order valence-corrected chi connectivity index (χ3v) is 13.2. The minimum absolute atomic E-state index is 0.0725. The fourth-order valence-electron chi connectivity index (χ4n) is 9.87. The average molecular weight is 614 g/mol. The molecule has 0 radical (unpaired) electrons. The van der Waals surface area contributed by atoms with Crippen LogP contribution in [0.25, 0.3) is 0 Å². The van der Waals surface area contributed by atoms with Crippen LogP contribution in [0.1, 0.15) is 60.3 Å². The van der Waals surface area contributed by atoms with E-state index in [0.29, 0.717) is 19.3 Å². The Morgan fingerprint density at radius 2 is 1.87 bits per heavy atom. The Bertz CT molecular complexity index is 1280. The molecule has 6 rings (SSSR count). The van der Waals surface area contributed by atoms with Crippen LogP contribution in [0.4, 0.5) is 0 Å². The summed E-state index contributed by atoms with van der Waals surface area (Å²) in [6.45, 7) is 9.13. The summed E-state index contributed by atoms with van der Waals surface area (Å²) in [6.07, 6.45) is 1.86. The maximum Gasteiger partial charge on any atom is 0.305 e. The van der Waals surface area contributed by atoms with Crippen molar-refractivity contribution >= 4 is 32.0 Å². The molecule has 11 unspecified atom stereocenters. The van der Waals surface area contributed by atoms with Gasteiger partial charge in [0.15, 0.2) is 0 Å². The summed E-state index contributed by atoms with van der Waals surface area (Å²) in [6, 6.07) is 6.28. The summed E-state index contributed by atoms with van der Waals surface area (Å²) >= 11 is 3.32. The fourth-order valence-corrected chi connectivity index (χ4v) is 11.1. The number of fused-ring (bicyclic) bond motifs is 3. The zero-order valence-electron chi connectivity index (χ0n) is 22.4. The molecule has 1 aromatic carbocycles. The summed E-state index contributed by atoms with van der Waals surface area (Å²) in [7, 11) is -3.99. The van der Waals surface area contributed by atoms with Crippen LogP contribution in [0.2, 0.25) is 0 Å². The van der Waals surface area contributed by atoms with Crippen molar-refractivity contribution in [2.75, 3.05) is 6.61 Å². The number of carbonyl (C=O) groups is 1. The normalized spacial score (nSPS) is 49.2. The van der Waals surface area contributed by atoms with Crippen LogP contribution in [0, 0.1) is 40.4 Å². The van der Waals surface area contributed by atoms with Crippen molar-refractivity contribution < 1.29 is 37.1 Å². The smallest absolute Gasteiger partial charge is 0.305 e. The molecule has 0 aromatic heterocycles. The van der Waals surface area contributed by atoms with Gasteiger partial charge in [0.05, 0.1) is 28.6 Å². The van der Waals surface area contributed by atoms with Crippen molar-refractivity contribution in [3.63, 3.8) is 0 Å². The highest BCUT2D eigenvalue weighted by molar-refractivity contribution is 9.10. The summed E-state index contributed by atoms with van der Waals surface area (Å²) in [4.78, 5) is 12.6. The maximum absolute atomic E-state index is 12.9. The Labute approximate surface area is 232 Å². The molecular weight excluding hydrogens is 576 g/mol. The quantitative estimate of drug-likeness (QED) is 0.365. The minimum Gasteiger partial charge on any atom is -0.432 e. The molecule has 1 saturated heterocycles. The highest BCUT2D eigenvalue weighted by atomic mass is 79.9. The predicted molar refractivity (Wildman–Crippen MR) is 140 cm³/mol.